The molecule has 9 nitrogen and oxygen atoms in total. The number of hydrogen-bond donors (Lipinski definition) is 1. The van der Waals surface area contributed by atoms with Crippen LogP contribution in [0.2, 0.25) is 0 Å². The van der Waals surface area contributed by atoms with E-state index in [0.717, 1.165) is 19.4 Å². The van der Waals surface area contributed by atoms with Crippen LogP contribution in [0.25, 0.3) is 0 Å². The minimum atomic E-state index is -0.481. The highest BCUT2D eigenvalue weighted by Gasteiger charge is 2.30. The number of aromatic nitrogens is 2. The van der Waals surface area contributed by atoms with Crippen LogP contribution in [0, 0.1) is 0 Å². The maximum atomic E-state index is 12.9. The number of fused-ring (bicyclic) bond motifs is 1. The van der Waals surface area contributed by atoms with Crippen molar-refractivity contribution in [1.82, 2.24) is 14.9 Å². The molecule has 166 valence electrons. The maximum absolute atomic E-state index is 12.9. The Kier molecular flexibility index (Phi) is 6.35. The van der Waals surface area contributed by atoms with Crippen LogP contribution in [-0.2, 0) is 13.0 Å². The lowest BCUT2D eigenvalue weighted by molar-refractivity contribution is 0.100. The second kappa shape index (κ2) is 9.19. The summed E-state index contributed by atoms with van der Waals surface area (Å²) in [6.45, 7) is 0.688. The smallest absolute Gasteiger partial charge is 0.339 e. The van der Waals surface area contributed by atoms with Gasteiger partial charge in [-0.2, -0.15) is 0 Å². The molecule has 0 aliphatic carbocycles. The van der Waals surface area contributed by atoms with Crippen LogP contribution in [0.5, 0.6) is 5.88 Å². The Balaban J connectivity index is 1.48. The van der Waals surface area contributed by atoms with Gasteiger partial charge in [-0.1, -0.05) is 12.1 Å². The fourth-order valence-electron chi connectivity index (χ4n) is 3.15. The van der Waals surface area contributed by atoms with Crippen LogP contribution < -0.4 is 19.3 Å². The number of para-hydroxylation sites is 2. The van der Waals surface area contributed by atoms with Gasteiger partial charge in [0.15, 0.2) is 5.01 Å². The summed E-state index contributed by atoms with van der Waals surface area (Å²) in [6, 6.07) is 9.65. The van der Waals surface area contributed by atoms with Gasteiger partial charge in [0, 0.05) is 47.5 Å². The topological polar surface area (TPSA) is 105 Å². The number of halogens is 2. The Morgan fingerprint density at radius 1 is 1.19 bits per heavy atom. The van der Waals surface area contributed by atoms with Gasteiger partial charge in [0.05, 0.1) is 42.6 Å². The molecule has 0 unspecified atom stereocenters. The molecule has 4 rings (SSSR count). The zero-order chi connectivity index (χ0) is 22.8. The molecule has 0 spiro atoms. The SMILES string of the molecule is COc1ccc(N(Cl)C(=O)N2CCc3nc(C(=O)N(Cl)c4ccccc4N)sc3C2)cn1. The van der Waals surface area contributed by atoms with Crippen LogP contribution in [0.1, 0.15) is 20.4 Å². The van der Waals surface area contributed by atoms with Crippen molar-refractivity contribution >= 4 is 63.9 Å². The summed E-state index contributed by atoms with van der Waals surface area (Å²) in [5.41, 5.74) is 7.86. The van der Waals surface area contributed by atoms with Crippen molar-refractivity contribution in [2.24, 2.45) is 0 Å². The van der Waals surface area contributed by atoms with E-state index < -0.39 is 11.9 Å². The highest BCUT2D eigenvalue weighted by molar-refractivity contribution is 7.14. The summed E-state index contributed by atoms with van der Waals surface area (Å²) in [4.78, 5) is 36.6. The predicted molar refractivity (Wildman–Crippen MR) is 124 cm³/mol. The van der Waals surface area contributed by atoms with Gasteiger partial charge >= 0.3 is 11.9 Å². The van der Waals surface area contributed by atoms with Crippen LogP contribution >= 0.6 is 34.9 Å². The van der Waals surface area contributed by atoms with Crippen molar-refractivity contribution in [2.45, 2.75) is 13.0 Å². The zero-order valence-electron chi connectivity index (χ0n) is 16.9. The summed E-state index contributed by atoms with van der Waals surface area (Å²) < 4.78 is 6.98. The van der Waals surface area contributed by atoms with Gasteiger partial charge in [-0.25, -0.2) is 23.6 Å². The summed E-state index contributed by atoms with van der Waals surface area (Å²) in [7, 11) is 1.50. The number of carbonyl (C=O) groups excluding carboxylic acids is 2. The van der Waals surface area contributed by atoms with Gasteiger partial charge < -0.3 is 15.4 Å². The molecule has 0 saturated carbocycles. The van der Waals surface area contributed by atoms with Crippen molar-refractivity contribution in [2.75, 3.05) is 28.2 Å². The van der Waals surface area contributed by atoms with E-state index in [4.69, 9.17) is 34.0 Å². The molecule has 3 heterocycles. The van der Waals surface area contributed by atoms with Gasteiger partial charge in [-0.05, 0) is 18.2 Å². The molecular weight excluding hydrogens is 475 g/mol. The van der Waals surface area contributed by atoms with Gasteiger partial charge in [-0.15, -0.1) is 11.3 Å². The number of rotatable bonds is 4. The van der Waals surface area contributed by atoms with Crippen molar-refractivity contribution in [1.29, 1.82) is 0 Å². The minimum Gasteiger partial charge on any atom is -0.481 e. The lowest BCUT2D eigenvalue weighted by Gasteiger charge is -2.28. The second-order valence-electron chi connectivity index (χ2n) is 6.83. The summed E-state index contributed by atoms with van der Waals surface area (Å²) in [5.74, 6) is -0.0635. The van der Waals surface area contributed by atoms with Gasteiger partial charge in [-0.3, -0.25) is 4.79 Å². The molecule has 0 fully saturated rings. The molecule has 2 N–H and O–H groups in total. The first-order valence-corrected chi connectivity index (χ1v) is 11.0. The Hall–Kier alpha value is -3.08. The van der Waals surface area contributed by atoms with Crippen LogP contribution in [0.4, 0.5) is 21.9 Å². The average molecular weight is 493 g/mol. The first-order valence-electron chi connectivity index (χ1n) is 9.47. The third-order valence-electron chi connectivity index (χ3n) is 4.84. The molecular formula is C20H18Cl2N6O3S. The van der Waals surface area contributed by atoms with Gasteiger partial charge in [0.25, 0.3) is 0 Å². The van der Waals surface area contributed by atoms with Gasteiger partial charge in [0.1, 0.15) is 0 Å². The van der Waals surface area contributed by atoms with E-state index in [0.29, 0.717) is 35.9 Å². The minimum absolute atomic E-state index is 0.227. The maximum Gasteiger partial charge on any atom is 0.339 e. The predicted octanol–water partition coefficient (Wildman–Crippen LogP) is 4.07. The summed E-state index contributed by atoms with van der Waals surface area (Å²) in [6.07, 6.45) is 1.94. The number of benzene rings is 1. The lowest BCUT2D eigenvalue weighted by atomic mass is 10.2. The van der Waals surface area contributed by atoms with Crippen molar-refractivity contribution in [3.63, 3.8) is 0 Å². The van der Waals surface area contributed by atoms with E-state index in [1.807, 2.05) is 0 Å². The summed E-state index contributed by atoms with van der Waals surface area (Å²) in [5, 5.41) is 0.227. The molecule has 3 aromatic rings. The van der Waals surface area contributed by atoms with E-state index in [1.165, 1.54) is 24.6 Å². The zero-order valence-corrected chi connectivity index (χ0v) is 19.2. The number of nitrogen functional groups attached to an aromatic ring is 1. The Labute approximate surface area is 198 Å². The Morgan fingerprint density at radius 3 is 2.66 bits per heavy atom. The first kappa shape index (κ1) is 22.1. The second-order valence-corrected chi connectivity index (χ2v) is 8.59. The quantitative estimate of drug-likeness (QED) is 0.434. The fraction of sp³-hybridized carbons (Fsp3) is 0.200. The highest BCUT2D eigenvalue weighted by Crippen LogP contribution is 2.31. The number of pyridine rings is 1. The van der Waals surface area contributed by atoms with Crippen LogP contribution in [0.3, 0.4) is 0 Å². The Bertz CT molecular complexity index is 1160. The lowest BCUT2D eigenvalue weighted by Crippen LogP contribution is -2.41. The number of nitrogens with two attached hydrogens (primary N) is 1. The molecule has 1 aliphatic rings. The monoisotopic (exact) mass is 492 g/mol. The van der Waals surface area contributed by atoms with Gasteiger partial charge in [0.2, 0.25) is 5.88 Å². The molecule has 2 aromatic heterocycles. The Morgan fingerprint density at radius 2 is 1.97 bits per heavy atom. The molecule has 1 aromatic carbocycles. The molecule has 0 bridgehead atoms. The highest BCUT2D eigenvalue weighted by atomic mass is 35.5. The number of methoxy groups -OCH3 is 1. The van der Waals surface area contributed by atoms with Crippen molar-refractivity contribution in [3.05, 3.63) is 58.2 Å². The number of ether oxygens (including phenoxy) is 1. The van der Waals surface area contributed by atoms with Crippen molar-refractivity contribution in [3.8, 4) is 5.88 Å². The molecule has 0 atom stereocenters. The number of amides is 3. The van der Waals surface area contributed by atoms with E-state index in [2.05, 4.69) is 9.97 Å². The third kappa shape index (κ3) is 4.29. The number of nitrogens with zero attached hydrogens (tertiary/aromatic N) is 5. The van der Waals surface area contributed by atoms with E-state index in [-0.39, 0.29) is 11.6 Å². The fourth-order valence-corrected chi connectivity index (χ4v) is 4.70. The molecule has 0 radical (unpaired) electrons. The van der Waals surface area contributed by atoms with E-state index in [1.54, 1.807) is 41.3 Å². The standard InChI is InChI=1S/C20H18Cl2N6O3S/c1-31-17-7-6-12(10-24-17)27(21)20(30)26-9-8-14-16(11-26)32-18(25-14)19(29)28(22)15-5-3-2-4-13(15)23/h2-7,10H,8-9,11,23H2,1H3. The molecule has 0 saturated heterocycles. The van der Waals surface area contributed by atoms with Crippen LogP contribution in [-0.4, -0.2) is 40.5 Å². The van der Waals surface area contributed by atoms with E-state index >= 15 is 0 Å². The number of hydrogen-bond acceptors (Lipinski definition) is 7. The van der Waals surface area contributed by atoms with Crippen molar-refractivity contribution < 1.29 is 14.3 Å². The normalized spacial score (nSPS) is 12.8. The average Bonchev–Trinajstić information content (AvgIpc) is 3.26. The largest absolute Gasteiger partial charge is 0.481 e. The molecule has 3 amide bonds. The van der Waals surface area contributed by atoms with Crippen LogP contribution in [0.15, 0.2) is 42.6 Å². The molecule has 32 heavy (non-hydrogen) atoms. The molecule has 1 aliphatic heterocycles. The number of urea groups is 1. The number of thiazole rings is 1. The van der Waals surface area contributed by atoms with E-state index in [9.17, 15) is 9.59 Å². The number of anilines is 3. The first-order chi connectivity index (χ1) is 15.4. The third-order valence-corrected chi connectivity index (χ3v) is 6.58. The number of carbonyl (C=O) groups is 2. The molecule has 12 heteroatoms. The summed E-state index contributed by atoms with van der Waals surface area (Å²) >= 11 is 13.7.